The zero-order valence-electron chi connectivity index (χ0n) is 12.9. The Bertz CT molecular complexity index is 600. The first kappa shape index (κ1) is 17.3. The Morgan fingerprint density at radius 3 is 2.04 bits per heavy atom. The molecule has 1 aliphatic rings. The average Bonchev–Trinajstić information content (AvgIpc) is 2.83. The highest BCUT2D eigenvalue weighted by Crippen LogP contribution is 2.37. The van der Waals surface area contributed by atoms with Crippen molar-refractivity contribution in [2.45, 2.75) is 38.4 Å². The molecular weight excluding hydrogens is 311 g/mol. The molecule has 0 aromatic heterocycles. The van der Waals surface area contributed by atoms with Gasteiger partial charge >= 0.3 is 18.1 Å². The number of hydrogen-bond donors (Lipinski definition) is 1. The summed E-state index contributed by atoms with van der Waals surface area (Å²) in [6, 6.07) is 6.78. The summed E-state index contributed by atoms with van der Waals surface area (Å²) in [6.07, 6.45) is -5.34. The van der Waals surface area contributed by atoms with Gasteiger partial charge in [-0.25, -0.2) is 4.79 Å². The lowest BCUT2D eigenvalue weighted by atomic mass is 9.91. The van der Waals surface area contributed by atoms with Crippen molar-refractivity contribution in [2.75, 3.05) is 6.54 Å². The summed E-state index contributed by atoms with van der Waals surface area (Å²) in [5.41, 5.74) is -0.558. The van der Waals surface area contributed by atoms with Crippen molar-refractivity contribution in [3.05, 3.63) is 35.4 Å². The molecule has 1 amide bonds. The number of rotatable bonds is 4. The third-order valence-electron chi connectivity index (χ3n) is 4.03. The third-order valence-corrected chi connectivity index (χ3v) is 4.03. The lowest BCUT2D eigenvalue weighted by molar-refractivity contribution is -0.195. The Morgan fingerprint density at radius 1 is 1.22 bits per heavy atom. The van der Waals surface area contributed by atoms with Crippen LogP contribution >= 0.6 is 0 Å². The molecular formula is C16H18F3NO3. The van der Waals surface area contributed by atoms with E-state index in [2.05, 4.69) is 0 Å². The quantitative estimate of drug-likeness (QED) is 0.924. The Hall–Kier alpha value is -2.05. The van der Waals surface area contributed by atoms with Crippen molar-refractivity contribution in [1.29, 1.82) is 0 Å². The normalized spacial score (nSPS) is 16.3. The Balaban J connectivity index is 2.49. The zero-order chi connectivity index (χ0) is 17.4. The molecule has 126 valence electrons. The van der Waals surface area contributed by atoms with Crippen LogP contribution < -0.4 is 0 Å². The standard InChI is InChI=1S/C16H18F3NO3/c1-10(2)9-20(13(21)16(17,18)19)15(14(22)23)7-11-5-3-4-6-12(11)8-15/h3-6,10H,7-9H2,1-2H3,(H,22,23). The maximum absolute atomic E-state index is 13.0. The lowest BCUT2D eigenvalue weighted by Gasteiger charge is -2.39. The van der Waals surface area contributed by atoms with Crippen molar-refractivity contribution in [3.8, 4) is 0 Å². The van der Waals surface area contributed by atoms with E-state index in [4.69, 9.17) is 0 Å². The van der Waals surface area contributed by atoms with E-state index in [9.17, 15) is 27.9 Å². The molecule has 4 nitrogen and oxygen atoms in total. The maximum Gasteiger partial charge on any atom is 0.471 e. The number of carbonyl (C=O) groups excluding carboxylic acids is 1. The predicted molar refractivity (Wildman–Crippen MR) is 76.8 cm³/mol. The summed E-state index contributed by atoms with van der Waals surface area (Å²) >= 11 is 0. The average molecular weight is 329 g/mol. The van der Waals surface area contributed by atoms with Gasteiger partial charge in [0.05, 0.1) is 0 Å². The fourth-order valence-electron chi connectivity index (χ4n) is 3.02. The fraction of sp³-hybridized carbons (Fsp3) is 0.500. The molecule has 0 aliphatic heterocycles. The number of benzene rings is 1. The molecule has 0 saturated carbocycles. The molecule has 0 saturated heterocycles. The molecule has 0 fully saturated rings. The van der Waals surface area contributed by atoms with Crippen molar-refractivity contribution in [3.63, 3.8) is 0 Å². The second-order valence-electron chi connectivity index (χ2n) is 6.27. The summed E-state index contributed by atoms with van der Waals surface area (Å²) in [4.78, 5) is 24.3. The molecule has 0 spiro atoms. The first-order valence-corrected chi connectivity index (χ1v) is 7.27. The van der Waals surface area contributed by atoms with Crippen LogP contribution in [0.1, 0.15) is 25.0 Å². The van der Waals surface area contributed by atoms with Crippen LogP contribution in [0, 0.1) is 5.92 Å². The van der Waals surface area contributed by atoms with Crippen LogP contribution in [-0.4, -0.2) is 40.1 Å². The molecule has 0 unspecified atom stereocenters. The minimum atomic E-state index is -5.11. The largest absolute Gasteiger partial charge is 0.479 e. The fourth-order valence-corrected chi connectivity index (χ4v) is 3.02. The Labute approximate surface area is 131 Å². The van der Waals surface area contributed by atoms with Gasteiger partial charge < -0.3 is 10.0 Å². The van der Waals surface area contributed by atoms with E-state index in [1.54, 1.807) is 38.1 Å². The van der Waals surface area contributed by atoms with Crippen LogP contribution in [0.25, 0.3) is 0 Å². The van der Waals surface area contributed by atoms with Gasteiger partial charge in [-0.2, -0.15) is 13.2 Å². The van der Waals surface area contributed by atoms with Crippen molar-refractivity contribution in [1.82, 2.24) is 4.90 Å². The number of carboxylic acids is 1. The number of aliphatic carboxylic acids is 1. The summed E-state index contributed by atoms with van der Waals surface area (Å²) in [5.74, 6) is -3.80. The molecule has 0 heterocycles. The molecule has 1 aromatic carbocycles. The van der Waals surface area contributed by atoms with Crippen LogP contribution in [0.3, 0.4) is 0 Å². The van der Waals surface area contributed by atoms with Gasteiger partial charge in [-0.3, -0.25) is 4.79 Å². The second kappa shape index (κ2) is 5.86. The topological polar surface area (TPSA) is 57.6 Å². The maximum atomic E-state index is 13.0. The molecule has 2 rings (SSSR count). The molecule has 0 radical (unpaired) electrons. The van der Waals surface area contributed by atoms with E-state index in [-0.39, 0.29) is 25.3 Å². The van der Waals surface area contributed by atoms with Gasteiger partial charge in [-0.15, -0.1) is 0 Å². The van der Waals surface area contributed by atoms with Crippen molar-refractivity contribution >= 4 is 11.9 Å². The Morgan fingerprint density at radius 2 is 1.70 bits per heavy atom. The highest BCUT2D eigenvalue weighted by molar-refractivity contribution is 5.91. The van der Waals surface area contributed by atoms with Crippen LogP contribution in [-0.2, 0) is 22.4 Å². The number of hydrogen-bond acceptors (Lipinski definition) is 2. The summed E-state index contributed by atoms with van der Waals surface area (Å²) in [5, 5.41) is 9.67. The lowest BCUT2D eigenvalue weighted by Crippen LogP contribution is -2.61. The first-order chi connectivity index (χ1) is 10.6. The van der Waals surface area contributed by atoms with E-state index in [1.807, 2.05) is 0 Å². The molecule has 0 atom stereocenters. The van der Waals surface area contributed by atoms with Crippen LogP contribution in [0.2, 0.25) is 0 Å². The van der Waals surface area contributed by atoms with E-state index < -0.39 is 23.6 Å². The highest BCUT2D eigenvalue weighted by atomic mass is 19.4. The summed E-state index contributed by atoms with van der Waals surface area (Å²) < 4.78 is 38.9. The van der Waals surface area contributed by atoms with Crippen molar-refractivity contribution < 1.29 is 27.9 Å². The van der Waals surface area contributed by atoms with Gasteiger partial charge in [0.25, 0.3) is 0 Å². The van der Waals surface area contributed by atoms with Gasteiger partial charge in [-0.1, -0.05) is 38.1 Å². The highest BCUT2D eigenvalue weighted by Gasteiger charge is 2.56. The minimum absolute atomic E-state index is 0.118. The molecule has 1 N–H and O–H groups in total. The number of carboxylic acid groups (broad SMARTS) is 1. The van der Waals surface area contributed by atoms with Gasteiger partial charge in [0, 0.05) is 19.4 Å². The number of alkyl halides is 3. The zero-order valence-corrected chi connectivity index (χ0v) is 12.9. The Kier molecular flexibility index (Phi) is 4.41. The summed E-state index contributed by atoms with van der Waals surface area (Å²) in [7, 11) is 0. The van der Waals surface area contributed by atoms with Gasteiger partial charge in [0.1, 0.15) is 5.54 Å². The monoisotopic (exact) mass is 329 g/mol. The molecule has 23 heavy (non-hydrogen) atoms. The molecule has 1 aromatic rings. The van der Waals surface area contributed by atoms with Crippen molar-refractivity contribution in [2.24, 2.45) is 5.92 Å². The van der Waals surface area contributed by atoms with Crippen LogP contribution in [0.4, 0.5) is 13.2 Å². The number of carbonyl (C=O) groups is 2. The summed E-state index contributed by atoms with van der Waals surface area (Å²) in [6.45, 7) is 3.03. The first-order valence-electron chi connectivity index (χ1n) is 7.27. The van der Waals surface area contributed by atoms with E-state index in [0.29, 0.717) is 16.0 Å². The smallest absolute Gasteiger partial charge is 0.471 e. The van der Waals surface area contributed by atoms with Gasteiger partial charge in [0.2, 0.25) is 0 Å². The third kappa shape index (κ3) is 3.18. The minimum Gasteiger partial charge on any atom is -0.479 e. The van der Waals surface area contributed by atoms with Crippen LogP contribution in [0.15, 0.2) is 24.3 Å². The number of halogens is 3. The number of nitrogens with zero attached hydrogens (tertiary/aromatic N) is 1. The molecule has 7 heteroatoms. The van der Waals surface area contributed by atoms with Gasteiger partial charge in [0.15, 0.2) is 0 Å². The van der Waals surface area contributed by atoms with Crippen LogP contribution in [0.5, 0.6) is 0 Å². The molecule has 1 aliphatic carbocycles. The van der Waals surface area contributed by atoms with E-state index in [0.717, 1.165) is 0 Å². The number of fused-ring (bicyclic) bond motifs is 1. The van der Waals surface area contributed by atoms with Gasteiger partial charge in [-0.05, 0) is 17.0 Å². The SMILES string of the molecule is CC(C)CN(C(=O)C(F)(F)F)C1(C(=O)O)Cc2ccccc2C1. The second-order valence-corrected chi connectivity index (χ2v) is 6.27. The number of amides is 1. The molecule has 0 bridgehead atoms. The van der Waals surface area contributed by atoms with E-state index >= 15 is 0 Å². The van der Waals surface area contributed by atoms with E-state index in [1.165, 1.54) is 0 Å². The predicted octanol–water partition coefficient (Wildman–Crippen LogP) is 2.66.